The van der Waals surface area contributed by atoms with Crippen LogP contribution in [0.15, 0.2) is 59.8 Å². The number of anilines is 1. The zero-order valence-corrected chi connectivity index (χ0v) is 14.5. The average Bonchev–Trinajstić information content (AvgIpc) is 2.61. The predicted molar refractivity (Wildman–Crippen MR) is 98.1 cm³/mol. The normalized spacial score (nSPS) is 10.1. The number of nitrogens with zero attached hydrogens (tertiary/aromatic N) is 3. The van der Waals surface area contributed by atoms with Crippen molar-refractivity contribution in [3.8, 4) is 29.3 Å². The number of benzene rings is 2. The zero-order valence-electron chi connectivity index (χ0n) is 14.5. The molecule has 0 radical (unpaired) electrons. The molecule has 2 aromatic carbocycles. The number of allylic oxidation sites excluding steroid dienone is 2. The Morgan fingerprint density at radius 3 is 2.04 bits per heavy atom. The maximum Gasteiger partial charge on any atom is 0.163 e. The summed E-state index contributed by atoms with van der Waals surface area (Å²) in [6.45, 7) is 6.40. The molecule has 0 aliphatic carbocycles. The van der Waals surface area contributed by atoms with Crippen LogP contribution in [-0.2, 0) is 5.41 Å². The van der Waals surface area contributed by atoms with Crippen LogP contribution >= 0.6 is 0 Å². The monoisotopic (exact) mass is 326 g/mol. The van der Waals surface area contributed by atoms with Crippen LogP contribution in [0, 0.1) is 34.0 Å². The zero-order chi connectivity index (χ0) is 18.4. The van der Waals surface area contributed by atoms with Gasteiger partial charge in [-0.3, -0.25) is 0 Å². The van der Waals surface area contributed by atoms with Crippen molar-refractivity contribution in [2.75, 3.05) is 5.32 Å². The molecule has 122 valence electrons. The largest absolute Gasteiger partial charge is 0.345 e. The van der Waals surface area contributed by atoms with Gasteiger partial charge in [-0.1, -0.05) is 57.2 Å². The van der Waals surface area contributed by atoms with Gasteiger partial charge in [-0.25, -0.2) is 0 Å². The quantitative estimate of drug-likeness (QED) is 0.814. The van der Waals surface area contributed by atoms with Crippen molar-refractivity contribution in [1.82, 2.24) is 0 Å². The van der Waals surface area contributed by atoms with Crippen molar-refractivity contribution >= 4 is 5.69 Å². The van der Waals surface area contributed by atoms with Crippen molar-refractivity contribution in [3.63, 3.8) is 0 Å². The number of nitriles is 3. The Morgan fingerprint density at radius 2 is 1.52 bits per heavy atom. The third kappa shape index (κ3) is 4.05. The van der Waals surface area contributed by atoms with Crippen LogP contribution in [0.25, 0.3) is 11.1 Å². The number of hydrogen-bond acceptors (Lipinski definition) is 4. The molecule has 0 spiro atoms. The second-order valence-corrected chi connectivity index (χ2v) is 6.59. The maximum atomic E-state index is 9.29. The topological polar surface area (TPSA) is 83.4 Å². The van der Waals surface area contributed by atoms with Gasteiger partial charge in [0.1, 0.15) is 23.9 Å². The van der Waals surface area contributed by atoms with E-state index in [9.17, 15) is 5.26 Å². The van der Waals surface area contributed by atoms with Gasteiger partial charge in [0.05, 0.1) is 0 Å². The van der Waals surface area contributed by atoms with E-state index in [4.69, 9.17) is 10.5 Å². The molecule has 0 atom stereocenters. The fourth-order valence-electron chi connectivity index (χ4n) is 2.39. The van der Waals surface area contributed by atoms with Crippen LogP contribution in [0.4, 0.5) is 5.69 Å². The molecule has 25 heavy (non-hydrogen) atoms. The van der Waals surface area contributed by atoms with E-state index in [-0.39, 0.29) is 16.7 Å². The third-order valence-corrected chi connectivity index (χ3v) is 3.82. The second-order valence-electron chi connectivity index (χ2n) is 6.59. The first kappa shape index (κ1) is 17.8. The van der Waals surface area contributed by atoms with Gasteiger partial charge in [-0.05, 0) is 28.7 Å². The van der Waals surface area contributed by atoms with Crippen LogP contribution in [0.2, 0.25) is 0 Å². The van der Waals surface area contributed by atoms with Crippen LogP contribution in [0.3, 0.4) is 0 Å². The summed E-state index contributed by atoms with van der Waals surface area (Å²) >= 11 is 0. The van der Waals surface area contributed by atoms with Gasteiger partial charge in [-0.15, -0.1) is 0 Å². The molecule has 4 heteroatoms. The van der Waals surface area contributed by atoms with Gasteiger partial charge in [0.2, 0.25) is 0 Å². The third-order valence-electron chi connectivity index (χ3n) is 3.82. The van der Waals surface area contributed by atoms with E-state index in [1.54, 1.807) is 12.1 Å². The lowest BCUT2D eigenvalue weighted by atomic mass is 9.85. The lowest BCUT2D eigenvalue weighted by Gasteiger charge is -2.22. The molecule has 0 aromatic heterocycles. The minimum atomic E-state index is -0.235. The van der Waals surface area contributed by atoms with Crippen molar-refractivity contribution in [2.45, 2.75) is 26.2 Å². The molecule has 0 saturated heterocycles. The molecule has 0 fully saturated rings. The SMILES string of the molecule is CC(C)(C)c1ccc(NC(C#N)=C(C#N)C#N)c(-c2ccccc2)c1. The summed E-state index contributed by atoms with van der Waals surface area (Å²) in [6, 6.07) is 21.1. The van der Waals surface area contributed by atoms with Gasteiger partial charge in [0, 0.05) is 11.3 Å². The maximum absolute atomic E-state index is 9.29. The lowest BCUT2D eigenvalue weighted by Crippen LogP contribution is -2.12. The first-order valence-electron chi connectivity index (χ1n) is 7.82. The Balaban J connectivity index is 2.64. The van der Waals surface area contributed by atoms with Gasteiger partial charge >= 0.3 is 0 Å². The summed E-state index contributed by atoms with van der Waals surface area (Å²) in [5.74, 6) is 0. The molecule has 0 aliphatic heterocycles. The van der Waals surface area contributed by atoms with Gasteiger partial charge in [0.15, 0.2) is 5.57 Å². The van der Waals surface area contributed by atoms with E-state index in [0.29, 0.717) is 5.69 Å². The minimum absolute atomic E-state index is 0.0274. The first-order chi connectivity index (χ1) is 11.9. The van der Waals surface area contributed by atoms with Crippen molar-refractivity contribution in [1.29, 1.82) is 15.8 Å². The highest BCUT2D eigenvalue weighted by atomic mass is 14.9. The number of rotatable bonds is 3. The van der Waals surface area contributed by atoms with Gasteiger partial charge in [-0.2, -0.15) is 15.8 Å². The Morgan fingerprint density at radius 1 is 0.880 bits per heavy atom. The summed E-state index contributed by atoms with van der Waals surface area (Å²) in [6.07, 6.45) is 0. The van der Waals surface area contributed by atoms with Crippen LogP contribution in [-0.4, -0.2) is 0 Å². The highest BCUT2D eigenvalue weighted by molar-refractivity contribution is 5.80. The second kappa shape index (κ2) is 7.35. The summed E-state index contributed by atoms with van der Waals surface area (Å²) in [7, 11) is 0. The molecule has 2 rings (SSSR count). The first-order valence-corrected chi connectivity index (χ1v) is 7.82. The Hall–Kier alpha value is -3.55. The van der Waals surface area contributed by atoms with E-state index in [0.717, 1.165) is 16.7 Å². The van der Waals surface area contributed by atoms with E-state index < -0.39 is 0 Å². The highest BCUT2D eigenvalue weighted by Gasteiger charge is 2.17. The number of nitrogens with one attached hydrogen (secondary N) is 1. The Labute approximate surface area is 148 Å². The van der Waals surface area contributed by atoms with Gasteiger partial charge in [0.25, 0.3) is 0 Å². The molecular formula is C21H18N4. The van der Waals surface area contributed by atoms with Crippen molar-refractivity contribution < 1.29 is 0 Å². The highest BCUT2D eigenvalue weighted by Crippen LogP contribution is 2.34. The summed E-state index contributed by atoms with van der Waals surface area (Å²) in [4.78, 5) is 0. The summed E-state index contributed by atoms with van der Waals surface area (Å²) in [5.41, 5.74) is 3.42. The molecule has 0 unspecified atom stereocenters. The van der Waals surface area contributed by atoms with Crippen LogP contribution in [0.5, 0.6) is 0 Å². The van der Waals surface area contributed by atoms with E-state index in [2.05, 4.69) is 32.2 Å². The predicted octanol–water partition coefficient (Wildman–Crippen LogP) is 4.89. The fraction of sp³-hybridized carbons (Fsp3) is 0.190. The number of hydrogen-bond donors (Lipinski definition) is 1. The van der Waals surface area contributed by atoms with Crippen molar-refractivity contribution in [2.24, 2.45) is 0 Å². The fourth-order valence-corrected chi connectivity index (χ4v) is 2.39. The molecule has 0 heterocycles. The smallest absolute Gasteiger partial charge is 0.163 e. The van der Waals surface area contributed by atoms with Crippen LogP contribution < -0.4 is 5.32 Å². The molecule has 4 nitrogen and oxygen atoms in total. The average molecular weight is 326 g/mol. The molecule has 0 amide bonds. The molecule has 2 aromatic rings. The Bertz CT molecular complexity index is 911. The molecule has 0 aliphatic rings. The summed E-state index contributed by atoms with van der Waals surface area (Å²) < 4.78 is 0. The molecule has 0 saturated carbocycles. The van der Waals surface area contributed by atoms with E-state index in [1.165, 1.54) is 0 Å². The molecular weight excluding hydrogens is 308 g/mol. The van der Waals surface area contributed by atoms with Gasteiger partial charge < -0.3 is 5.32 Å². The lowest BCUT2D eigenvalue weighted by molar-refractivity contribution is 0.590. The van der Waals surface area contributed by atoms with Crippen LogP contribution in [0.1, 0.15) is 26.3 Å². The van der Waals surface area contributed by atoms with E-state index >= 15 is 0 Å². The van der Waals surface area contributed by atoms with Crippen molar-refractivity contribution in [3.05, 3.63) is 65.4 Å². The minimum Gasteiger partial charge on any atom is -0.345 e. The Kier molecular flexibility index (Phi) is 5.23. The summed E-state index contributed by atoms with van der Waals surface area (Å²) in [5, 5.41) is 30.3. The standard InChI is InChI=1S/C21H18N4/c1-21(2,3)17-9-10-19(25-20(14-24)16(12-22)13-23)18(11-17)15-7-5-4-6-8-15/h4-11,25H,1-3H3. The van der Waals surface area contributed by atoms with E-state index in [1.807, 2.05) is 48.5 Å². The molecule has 1 N–H and O–H groups in total. The molecule has 0 bridgehead atoms.